The maximum absolute atomic E-state index is 11.9. The van der Waals surface area contributed by atoms with Crippen LogP contribution in [0.3, 0.4) is 0 Å². The second kappa shape index (κ2) is 5.92. The fraction of sp³-hybridized carbons (Fsp3) is 0.0625. The van der Waals surface area contributed by atoms with E-state index in [1.165, 1.54) is 24.1 Å². The quantitative estimate of drug-likeness (QED) is 0.760. The molecule has 0 unspecified atom stereocenters. The van der Waals surface area contributed by atoms with Crippen molar-refractivity contribution in [3.8, 4) is 11.5 Å². The molecular weight excluding hydrogens is 312 g/mol. The van der Waals surface area contributed by atoms with Crippen molar-refractivity contribution < 1.29 is 19.1 Å². The number of ether oxygens (including phenoxy) is 2. The molecule has 0 saturated heterocycles. The van der Waals surface area contributed by atoms with Crippen molar-refractivity contribution in [3.63, 3.8) is 0 Å². The van der Waals surface area contributed by atoms with Crippen molar-refractivity contribution in [2.24, 2.45) is 5.73 Å². The van der Waals surface area contributed by atoms with E-state index in [1.807, 2.05) is 0 Å². The molecule has 0 aliphatic rings. The third-order valence-electron chi connectivity index (χ3n) is 3.40. The molecule has 0 atom stereocenters. The van der Waals surface area contributed by atoms with Gasteiger partial charge in [-0.2, -0.15) is 0 Å². The van der Waals surface area contributed by atoms with Gasteiger partial charge in [-0.05, 0) is 18.2 Å². The van der Waals surface area contributed by atoms with Crippen LogP contribution in [0.5, 0.6) is 11.5 Å². The first-order valence-corrected chi connectivity index (χ1v) is 6.92. The molecule has 0 spiro atoms. The Morgan fingerprint density at radius 3 is 2.58 bits per heavy atom. The van der Waals surface area contributed by atoms with Crippen molar-refractivity contribution in [3.05, 3.63) is 48.3 Å². The number of fused-ring (bicyclic) bond motifs is 1. The Balaban J connectivity index is 2.09. The van der Waals surface area contributed by atoms with Gasteiger partial charge in [0.15, 0.2) is 0 Å². The van der Waals surface area contributed by atoms with Gasteiger partial charge in [-0.1, -0.05) is 0 Å². The van der Waals surface area contributed by atoms with Crippen LogP contribution < -0.4 is 16.2 Å². The van der Waals surface area contributed by atoms with Crippen LogP contribution >= 0.6 is 0 Å². The molecule has 0 aliphatic heterocycles. The lowest BCUT2D eigenvalue weighted by molar-refractivity contribution is 0.100. The number of methoxy groups -OCH3 is 1. The summed E-state index contributed by atoms with van der Waals surface area (Å²) in [4.78, 5) is 27.3. The van der Waals surface area contributed by atoms with Crippen molar-refractivity contribution in [2.75, 3.05) is 12.8 Å². The number of nitrogen functional groups attached to an aromatic ring is 1. The summed E-state index contributed by atoms with van der Waals surface area (Å²) in [5, 5.41) is 0.523. The zero-order valence-electron chi connectivity index (χ0n) is 12.7. The summed E-state index contributed by atoms with van der Waals surface area (Å²) < 4.78 is 11.6. The number of nitrogens with zero attached hydrogens (tertiary/aromatic N) is 2. The molecule has 122 valence electrons. The van der Waals surface area contributed by atoms with Gasteiger partial charge < -0.3 is 20.9 Å². The molecule has 24 heavy (non-hydrogen) atoms. The largest absolute Gasteiger partial charge is 0.457 e. The molecule has 8 nitrogen and oxygen atoms in total. The van der Waals surface area contributed by atoms with Crippen LogP contribution in [0.4, 0.5) is 10.6 Å². The second-order valence-electron chi connectivity index (χ2n) is 4.94. The van der Waals surface area contributed by atoms with Gasteiger partial charge in [-0.15, -0.1) is 0 Å². The molecular formula is C16H14N4O4. The zero-order chi connectivity index (χ0) is 17.3. The van der Waals surface area contributed by atoms with Gasteiger partial charge in [-0.25, -0.2) is 9.78 Å². The molecule has 0 fully saturated rings. The number of hydrogen-bond acceptors (Lipinski definition) is 6. The molecule has 3 rings (SSSR count). The first kappa shape index (κ1) is 15.3. The van der Waals surface area contributed by atoms with Gasteiger partial charge in [0.05, 0.1) is 18.2 Å². The smallest absolute Gasteiger partial charge is 0.418 e. The van der Waals surface area contributed by atoms with E-state index < -0.39 is 12.0 Å². The van der Waals surface area contributed by atoms with Crippen LogP contribution in [0.1, 0.15) is 10.4 Å². The summed E-state index contributed by atoms with van der Waals surface area (Å²) >= 11 is 0. The summed E-state index contributed by atoms with van der Waals surface area (Å²) in [5.41, 5.74) is 11.6. The van der Waals surface area contributed by atoms with E-state index in [2.05, 4.69) is 4.98 Å². The number of carbonyl (C=O) groups is 2. The van der Waals surface area contributed by atoms with E-state index in [-0.39, 0.29) is 5.56 Å². The number of amides is 1. The van der Waals surface area contributed by atoms with Crippen molar-refractivity contribution in [1.82, 2.24) is 9.55 Å². The number of anilines is 1. The molecule has 8 heteroatoms. The highest BCUT2D eigenvalue weighted by molar-refractivity contribution is 6.08. The zero-order valence-corrected chi connectivity index (χ0v) is 12.7. The van der Waals surface area contributed by atoms with Gasteiger partial charge in [0.2, 0.25) is 0 Å². The summed E-state index contributed by atoms with van der Waals surface area (Å²) in [6, 6.07) is 8.13. The number of carbonyl (C=O) groups excluding carboxylic acids is 2. The van der Waals surface area contributed by atoms with Crippen LogP contribution in [0.15, 0.2) is 42.7 Å². The number of hydrogen-bond donors (Lipinski definition) is 2. The third kappa shape index (κ3) is 2.72. The Morgan fingerprint density at radius 2 is 1.92 bits per heavy atom. The minimum Gasteiger partial charge on any atom is -0.457 e. The van der Waals surface area contributed by atoms with Gasteiger partial charge in [0, 0.05) is 29.9 Å². The van der Waals surface area contributed by atoms with Crippen LogP contribution in [0.2, 0.25) is 0 Å². The first-order chi connectivity index (χ1) is 11.5. The van der Waals surface area contributed by atoms with Gasteiger partial charge in [-0.3, -0.25) is 9.36 Å². The minimum absolute atomic E-state index is 0.218. The monoisotopic (exact) mass is 326 g/mol. The van der Waals surface area contributed by atoms with E-state index in [4.69, 9.17) is 20.9 Å². The molecule has 0 aliphatic carbocycles. The Kier molecular flexibility index (Phi) is 3.78. The Labute approximate surface area is 136 Å². The van der Waals surface area contributed by atoms with E-state index >= 15 is 0 Å². The Hall–Kier alpha value is -3.55. The first-order valence-electron chi connectivity index (χ1n) is 6.92. The Bertz CT molecular complexity index is 948. The van der Waals surface area contributed by atoms with Crippen LogP contribution in [-0.2, 0) is 4.74 Å². The summed E-state index contributed by atoms with van der Waals surface area (Å²) in [6.45, 7) is 0. The van der Waals surface area contributed by atoms with Crippen molar-refractivity contribution in [2.45, 2.75) is 0 Å². The van der Waals surface area contributed by atoms with E-state index in [1.54, 1.807) is 30.3 Å². The fourth-order valence-electron chi connectivity index (χ4n) is 2.34. The minimum atomic E-state index is -0.641. The van der Waals surface area contributed by atoms with Crippen molar-refractivity contribution in [1.29, 1.82) is 0 Å². The summed E-state index contributed by atoms with van der Waals surface area (Å²) in [7, 11) is 1.25. The standard InChI is InChI=1S/C16H14N4O4/c1-23-16(22)20-8-12(15(18)21)11-3-2-9(6-13(11)20)24-10-4-5-19-14(17)7-10/h2-8H,1H3,(H2,17,19)(H2,18,21). The van der Waals surface area contributed by atoms with E-state index in [0.29, 0.717) is 28.2 Å². The maximum atomic E-state index is 11.9. The van der Waals surface area contributed by atoms with Crippen LogP contribution in [-0.4, -0.2) is 28.7 Å². The topological polar surface area (TPSA) is 122 Å². The summed E-state index contributed by atoms with van der Waals surface area (Å²) in [5.74, 6) is 0.626. The number of primary amides is 1. The van der Waals surface area contributed by atoms with Gasteiger partial charge in [0.1, 0.15) is 17.3 Å². The van der Waals surface area contributed by atoms with Crippen LogP contribution in [0, 0.1) is 0 Å². The second-order valence-corrected chi connectivity index (χ2v) is 4.94. The van der Waals surface area contributed by atoms with E-state index in [0.717, 1.165) is 0 Å². The molecule has 3 aromatic rings. The number of pyridine rings is 1. The lowest BCUT2D eigenvalue weighted by atomic mass is 10.1. The third-order valence-corrected chi connectivity index (χ3v) is 3.40. The Morgan fingerprint density at radius 1 is 1.17 bits per heavy atom. The molecule has 2 aromatic heterocycles. The predicted molar refractivity (Wildman–Crippen MR) is 87.0 cm³/mol. The van der Waals surface area contributed by atoms with Gasteiger partial charge >= 0.3 is 6.09 Å². The highest BCUT2D eigenvalue weighted by Crippen LogP contribution is 2.29. The average molecular weight is 326 g/mol. The maximum Gasteiger partial charge on any atom is 0.418 e. The predicted octanol–water partition coefficient (Wildman–Crippen LogP) is 2.12. The summed E-state index contributed by atoms with van der Waals surface area (Å²) in [6.07, 6.45) is 2.22. The normalized spacial score (nSPS) is 10.5. The lowest BCUT2D eigenvalue weighted by Crippen LogP contribution is -2.12. The highest BCUT2D eigenvalue weighted by Gasteiger charge is 2.17. The molecule has 0 saturated carbocycles. The molecule has 1 aromatic carbocycles. The number of nitrogens with two attached hydrogens (primary N) is 2. The molecule has 0 bridgehead atoms. The number of aromatic nitrogens is 2. The number of rotatable bonds is 3. The fourth-order valence-corrected chi connectivity index (χ4v) is 2.34. The number of benzene rings is 1. The van der Waals surface area contributed by atoms with E-state index in [9.17, 15) is 9.59 Å². The average Bonchev–Trinajstić information content (AvgIpc) is 2.93. The lowest BCUT2D eigenvalue weighted by Gasteiger charge is -2.07. The van der Waals surface area contributed by atoms with Crippen LogP contribution in [0.25, 0.3) is 10.9 Å². The van der Waals surface area contributed by atoms with Gasteiger partial charge in [0.25, 0.3) is 5.91 Å². The highest BCUT2D eigenvalue weighted by atomic mass is 16.5. The molecule has 4 N–H and O–H groups in total. The molecule has 1 amide bonds. The molecule has 0 radical (unpaired) electrons. The SMILES string of the molecule is COC(=O)n1cc(C(N)=O)c2ccc(Oc3ccnc(N)c3)cc21. The molecule has 2 heterocycles. The van der Waals surface area contributed by atoms with Crippen molar-refractivity contribution >= 4 is 28.7 Å².